The van der Waals surface area contributed by atoms with E-state index in [-0.39, 0.29) is 0 Å². The first-order valence-corrected chi connectivity index (χ1v) is 9.88. The Labute approximate surface area is 162 Å². The van der Waals surface area contributed by atoms with Gasteiger partial charge in [0.15, 0.2) is 11.9 Å². The Morgan fingerprint density at radius 2 is 1.88 bits per heavy atom. The van der Waals surface area contributed by atoms with E-state index in [1.807, 2.05) is 18.2 Å². The fraction of sp³-hybridized carbons (Fsp3) is 0.318. The molecule has 1 aromatic heterocycles. The Hall–Kier alpha value is -1.91. The van der Waals surface area contributed by atoms with E-state index in [4.69, 9.17) is 9.47 Å². The molecule has 0 saturated carbocycles. The van der Waals surface area contributed by atoms with Gasteiger partial charge in [0.2, 0.25) is 0 Å². The van der Waals surface area contributed by atoms with Crippen molar-refractivity contribution in [3.8, 4) is 5.75 Å². The molecule has 0 N–H and O–H groups in total. The van der Waals surface area contributed by atoms with Crippen molar-refractivity contribution in [3.05, 3.63) is 70.5 Å². The van der Waals surface area contributed by atoms with Crippen molar-refractivity contribution in [2.75, 3.05) is 13.2 Å². The van der Waals surface area contributed by atoms with Crippen LogP contribution in [0.1, 0.15) is 30.0 Å². The highest BCUT2D eigenvalue weighted by atomic mass is 79.9. The molecule has 3 nitrogen and oxygen atoms in total. The van der Waals surface area contributed by atoms with Crippen LogP contribution in [0.3, 0.4) is 0 Å². The van der Waals surface area contributed by atoms with Crippen LogP contribution in [0.25, 0.3) is 10.8 Å². The largest absolute Gasteiger partial charge is 0.489 e. The number of rotatable bonds is 4. The first-order valence-electron chi connectivity index (χ1n) is 9.08. The van der Waals surface area contributed by atoms with Gasteiger partial charge in [0, 0.05) is 24.5 Å². The molecule has 1 aliphatic heterocycles. The number of hydrogen-bond acceptors (Lipinski definition) is 2. The van der Waals surface area contributed by atoms with Crippen LogP contribution in [-0.4, -0.2) is 13.2 Å². The van der Waals surface area contributed by atoms with E-state index in [1.54, 1.807) is 0 Å². The van der Waals surface area contributed by atoms with E-state index in [0.717, 1.165) is 31.8 Å². The molecule has 0 unspecified atom stereocenters. The lowest BCUT2D eigenvalue weighted by Gasteiger charge is -2.21. The first kappa shape index (κ1) is 17.5. The molecule has 3 aromatic rings. The van der Waals surface area contributed by atoms with Gasteiger partial charge in [-0.1, -0.05) is 30.3 Å². The molecule has 0 bridgehead atoms. The molecule has 2 heterocycles. The number of halogens is 1. The van der Waals surface area contributed by atoms with Crippen LogP contribution >= 0.6 is 15.9 Å². The molecule has 134 valence electrons. The van der Waals surface area contributed by atoms with Gasteiger partial charge < -0.3 is 9.47 Å². The molecule has 1 saturated heterocycles. The second-order valence-electron chi connectivity index (χ2n) is 6.85. The zero-order chi connectivity index (χ0) is 17.9. The predicted octanol–water partition coefficient (Wildman–Crippen LogP) is 4.90. The molecule has 26 heavy (non-hydrogen) atoms. The third-order valence-electron chi connectivity index (χ3n) is 5.05. The highest BCUT2D eigenvalue weighted by Gasteiger charge is 2.27. The summed E-state index contributed by atoms with van der Waals surface area (Å²) in [6.07, 6.45) is 4.37. The summed E-state index contributed by atoms with van der Waals surface area (Å²) in [7, 11) is 2.13. The van der Waals surface area contributed by atoms with E-state index in [2.05, 4.69) is 64.1 Å². The van der Waals surface area contributed by atoms with Gasteiger partial charge >= 0.3 is 0 Å². The number of aryl methyl sites for hydroxylation is 1. The Morgan fingerprint density at radius 1 is 1.12 bits per heavy atom. The summed E-state index contributed by atoms with van der Waals surface area (Å²) < 4.78 is 15.0. The summed E-state index contributed by atoms with van der Waals surface area (Å²) in [6, 6.07) is 16.6. The van der Waals surface area contributed by atoms with Crippen molar-refractivity contribution >= 4 is 26.7 Å². The van der Waals surface area contributed by atoms with Crippen molar-refractivity contribution in [2.45, 2.75) is 25.4 Å². The topological polar surface area (TPSA) is 22.3 Å². The zero-order valence-electron chi connectivity index (χ0n) is 15.0. The van der Waals surface area contributed by atoms with E-state index in [9.17, 15) is 0 Å². The van der Waals surface area contributed by atoms with Gasteiger partial charge in [-0.25, -0.2) is 4.57 Å². The third kappa shape index (κ3) is 3.62. The van der Waals surface area contributed by atoms with E-state index in [0.29, 0.717) is 12.5 Å². The van der Waals surface area contributed by atoms with Gasteiger partial charge in [-0.15, -0.1) is 0 Å². The Bertz CT molecular complexity index is 905. The van der Waals surface area contributed by atoms with Gasteiger partial charge in [0.25, 0.3) is 0 Å². The van der Waals surface area contributed by atoms with Gasteiger partial charge in [0.05, 0.1) is 9.86 Å². The second kappa shape index (κ2) is 7.77. The molecule has 4 rings (SSSR count). The molecule has 1 fully saturated rings. The van der Waals surface area contributed by atoms with Crippen molar-refractivity contribution in [1.82, 2.24) is 0 Å². The molecule has 0 spiro atoms. The lowest BCUT2D eigenvalue weighted by atomic mass is 9.94. The number of nitrogens with zero attached hydrogens (tertiary/aromatic N) is 1. The van der Waals surface area contributed by atoms with Crippen molar-refractivity contribution in [3.63, 3.8) is 0 Å². The van der Waals surface area contributed by atoms with Crippen molar-refractivity contribution < 1.29 is 14.0 Å². The van der Waals surface area contributed by atoms with Crippen LogP contribution in [0.2, 0.25) is 0 Å². The minimum absolute atomic E-state index is 0.543. The van der Waals surface area contributed by atoms with Gasteiger partial charge in [-0.2, -0.15) is 0 Å². The second-order valence-corrected chi connectivity index (χ2v) is 7.64. The van der Waals surface area contributed by atoms with Crippen molar-refractivity contribution in [1.29, 1.82) is 0 Å². The molecule has 4 heteroatoms. The van der Waals surface area contributed by atoms with Crippen LogP contribution in [0.4, 0.5) is 0 Å². The first-order chi connectivity index (χ1) is 12.7. The highest BCUT2D eigenvalue weighted by Crippen LogP contribution is 2.35. The average Bonchev–Trinajstić information content (AvgIpc) is 2.68. The maximum absolute atomic E-state index is 5.99. The SMILES string of the molecule is C[n+]1cc2cc(OCc3ccccc3)ccc2c(Br)c1C1CCOCC1. The van der Waals surface area contributed by atoms with Crippen molar-refractivity contribution in [2.24, 2.45) is 7.05 Å². The Morgan fingerprint density at radius 3 is 2.65 bits per heavy atom. The minimum Gasteiger partial charge on any atom is -0.489 e. The van der Waals surface area contributed by atoms with E-state index >= 15 is 0 Å². The lowest BCUT2D eigenvalue weighted by molar-refractivity contribution is -0.680. The summed E-state index contributed by atoms with van der Waals surface area (Å²) in [5, 5.41) is 2.41. The summed E-state index contributed by atoms with van der Waals surface area (Å²) >= 11 is 3.87. The number of benzene rings is 2. The Kier molecular flexibility index (Phi) is 5.23. The predicted molar refractivity (Wildman–Crippen MR) is 106 cm³/mol. The number of hydrogen-bond donors (Lipinski definition) is 0. The molecule has 0 amide bonds. The number of pyridine rings is 1. The van der Waals surface area contributed by atoms with Gasteiger partial charge in [-0.3, -0.25) is 0 Å². The highest BCUT2D eigenvalue weighted by molar-refractivity contribution is 9.10. The molecular weight excluding hydrogens is 390 g/mol. The van der Waals surface area contributed by atoms with Crippen LogP contribution < -0.4 is 9.30 Å². The monoisotopic (exact) mass is 412 g/mol. The van der Waals surface area contributed by atoms with Crippen LogP contribution in [-0.2, 0) is 18.4 Å². The smallest absolute Gasteiger partial charge is 0.199 e. The summed E-state index contributed by atoms with van der Waals surface area (Å²) in [6.45, 7) is 2.28. The number of aromatic nitrogens is 1. The quantitative estimate of drug-likeness (QED) is 0.568. The zero-order valence-corrected chi connectivity index (χ0v) is 16.5. The van der Waals surface area contributed by atoms with Gasteiger partial charge in [0.1, 0.15) is 19.4 Å². The van der Waals surface area contributed by atoms with Gasteiger partial charge in [-0.05, 0) is 52.5 Å². The fourth-order valence-corrected chi connectivity index (χ4v) is 4.65. The number of ether oxygens (including phenoxy) is 2. The summed E-state index contributed by atoms with van der Waals surface area (Å²) in [4.78, 5) is 0. The summed E-state index contributed by atoms with van der Waals surface area (Å²) in [5.41, 5.74) is 2.54. The Balaban J connectivity index is 1.62. The maximum Gasteiger partial charge on any atom is 0.199 e. The molecule has 0 aliphatic carbocycles. The third-order valence-corrected chi connectivity index (χ3v) is 5.89. The minimum atomic E-state index is 0.543. The van der Waals surface area contributed by atoms with E-state index in [1.165, 1.54) is 26.5 Å². The van der Waals surface area contributed by atoms with E-state index < -0.39 is 0 Å². The fourth-order valence-electron chi connectivity index (χ4n) is 3.69. The standard InChI is InChI=1S/C22H23BrNO2/c1-24-14-18-13-19(26-15-16-5-3-2-4-6-16)7-8-20(18)21(23)22(24)17-9-11-25-12-10-17/h2-8,13-14,17H,9-12,15H2,1H3/q+1. The average molecular weight is 413 g/mol. The molecule has 1 aliphatic rings. The molecule has 2 aromatic carbocycles. The van der Waals surface area contributed by atoms with Crippen LogP contribution in [0, 0.1) is 0 Å². The summed E-state index contributed by atoms with van der Waals surface area (Å²) in [5.74, 6) is 1.44. The number of fused-ring (bicyclic) bond motifs is 1. The maximum atomic E-state index is 5.99. The molecule has 0 atom stereocenters. The van der Waals surface area contributed by atoms with Crippen LogP contribution in [0.15, 0.2) is 59.2 Å². The normalized spacial score (nSPS) is 15.3. The lowest BCUT2D eigenvalue weighted by Crippen LogP contribution is -2.37. The molecular formula is C22H23BrNO2+. The molecule has 0 radical (unpaired) electrons. The van der Waals surface area contributed by atoms with Crippen LogP contribution in [0.5, 0.6) is 5.75 Å².